The molecule has 4 heteroatoms. The maximum absolute atomic E-state index is 11.8. The molecule has 0 unspecified atom stereocenters. The fourth-order valence-electron chi connectivity index (χ4n) is 2.19. The van der Waals surface area contributed by atoms with Crippen molar-refractivity contribution in [3.05, 3.63) is 56.5 Å². The number of aromatic amines is 1. The van der Waals surface area contributed by atoms with Crippen molar-refractivity contribution in [3.8, 4) is 6.01 Å². The molecule has 2 rings (SSSR count). The molecule has 1 aromatic carbocycles. The molecule has 0 bridgehead atoms. The molecule has 1 aromatic heterocycles. The van der Waals surface area contributed by atoms with Gasteiger partial charge < -0.3 is 4.74 Å². The van der Waals surface area contributed by atoms with Crippen molar-refractivity contribution < 1.29 is 4.74 Å². The van der Waals surface area contributed by atoms with Crippen LogP contribution in [-0.4, -0.2) is 17.1 Å². The minimum Gasteiger partial charge on any atom is -0.468 e. The number of benzene rings is 1. The van der Waals surface area contributed by atoms with E-state index in [1.54, 1.807) is 6.92 Å². The Hall–Kier alpha value is -2.10. The third-order valence-corrected chi connectivity index (χ3v) is 3.08. The highest BCUT2D eigenvalue weighted by molar-refractivity contribution is 5.33. The maximum Gasteiger partial charge on any atom is 0.296 e. The number of ether oxygens (including phenoxy) is 1. The molecule has 0 saturated carbocycles. The monoisotopic (exact) mass is 258 g/mol. The summed E-state index contributed by atoms with van der Waals surface area (Å²) in [5.41, 5.74) is 4.83. The van der Waals surface area contributed by atoms with Gasteiger partial charge in [-0.25, -0.2) is 4.98 Å². The van der Waals surface area contributed by atoms with E-state index >= 15 is 0 Å². The van der Waals surface area contributed by atoms with Crippen LogP contribution in [0.2, 0.25) is 0 Å². The Kier molecular flexibility index (Phi) is 3.69. The average molecular weight is 258 g/mol. The molecule has 1 heterocycles. The second kappa shape index (κ2) is 5.26. The molecule has 100 valence electrons. The molecule has 0 saturated heterocycles. The quantitative estimate of drug-likeness (QED) is 0.919. The molecule has 0 atom stereocenters. The summed E-state index contributed by atoms with van der Waals surface area (Å²) < 4.78 is 5.01. The van der Waals surface area contributed by atoms with Gasteiger partial charge in [-0.2, -0.15) is 0 Å². The van der Waals surface area contributed by atoms with Crippen molar-refractivity contribution in [1.82, 2.24) is 9.97 Å². The van der Waals surface area contributed by atoms with Crippen LogP contribution in [0.5, 0.6) is 6.01 Å². The average Bonchev–Trinajstić information content (AvgIpc) is 2.33. The highest BCUT2D eigenvalue weighted by atomic mass is 16.5. The number of nitrogens with zero attached hydrogens (tertiary/aromatic N) is 1. The van der Waals surface area contributed by atoms with Crippen LogP contribution < -0.4 is 10.3 Å². The summed E-state index contributed by atoms with van der Waals surface area (Å²) in [7, 11) is 1.49. The molecule has 0 spiro atoms. The number of H-pyrrole nitrogens is 1. The van der Waals surface area contributed by atoms with E-state index in [4.69, 9.17) is 4.74 Å². The van der Waals surface area contributed by atoms with Gasteiger partial charge in [0.15, 0.2) is 0 Å². The van der Waals surface area contributed by atoms with Gasteiger partial charge in [0.1, 0.15) is 0 Å². The molecule has 0 amide bonds. The van der Waals surface area contributed by atoms with E-state index in [1.165, 1.54) is 18.2 Å². The molecular weight excluding hydrogens is 240 g/mol. The summed E-state index contributed by atoms with van der Waals surface area (Å²) in [6.07, 6.45) is 0.634. The molecule has 0 fully saturated rings. The Balaban J connectivity index is 2.42. The zero-order chi connectivity index (χ0) is 14.0. The van der Waals surface area contributed by atoms with Gasteiger partial charge in [0.25, 0.3) is 11.6 Å². The Labute approximate surface area is 112 Å². The van der Waals surface area contributed by atoms with Crippen molar-refractivity contribution in [3.63, 3.8) is 0 Å². The van der Waals surface area contributed by atoms with Gasteiger partial charge in [-0.3, -0.25) is 9.78 Å². The lowest BCUT2D eigenvalue weighted by Crippen LogP contribution is -2.16. The Bertz CT molecular complexity index is 639. The normalized spacial score (nSPS) is 10.5. The Morgan fingerprint density at radius 1 is 1.16 bits per heavy atom. The summed E-state index contributed by atoms with van der Waals surface area (Å²) >= 11 is 0. The van der Waals surface area contributed by atoms with Gasteiger partial charge in [0.05, 0.1) is 12.8 Å². The lowest BCUT2D eigenvalue weighted by Gasteiger charge is -2.08. The largest absolute Gasteiger partial charge is 0.468 e. The van der Waals surface area contributed by atoms with Gasteiger partial charge in [0, 0.05) is 12.0 Å². The van der Waals surface area contributed by atoms with Crippen LogP contribution in [0, 0.1) is 20.8 Å². The summed E-state index contributed by atoms with van der Waals surface area (Å²) in [6.45, 7) is 5.91. The molecule has 1 N–H and O–H groups in total. The van der Waals surface area contributed by atoms with E-state index in [2.05, 4.69) is 42.0 Å². The third-order valence-electron chi connectivity index (χ3n) is 3.08. The fourth-order valence-corrected chi connectivity index (χ4v) is 2.19. The standard InChI is InChI=1S/C15H18N2O2/c1-9-5-10(2)7-12(6-9)8-13-11(3)14(18)17-15(16-13)19-4/h5-7H,8H2,1-4H3,(H,16,17,18). The fraction of sp³-hybridized carbons (Fsp3) is 0.333. The van der Waals surface area contributed by atoms with Crippen LogP contribution in [0.3, 0.4) is 0 Å². The van der Waals surface area contributed by atoms with E-state index in [0.717, 1.165) is 11.3 Å². The molecule has 0 aliphatic rings. The number of methoxy groups -OCH3 is 1. The van der Waals surface area contributed by atoms with Gasteiger partial charge in [-0.15, -0.1) is 0 Å². The maximum atomic E-state index is 11.8. The van der Waals surface area contributed by atoms with Gasteiger partial charge in [0.2, 0.25) is 0 Å². The molecule has 0 radical (unpaired) electrons. The number of hydrogen-bond acceptors (Lipinski definition) is 3. The van der Waals surface area contributed by atoms with Gasteiger partial charge in [-0.1, -0.05) is 29.3 Å². The number of aryl methyl sites for hydroxylation is 2. The zero-order valence-corrected chi connectivity index (χ0v) is 11.7. The predicted octanol–water partition coefficient (Wildman–Crippen LogP) is 2.29. The van der Waals surface area contributed by atoms with Crippen LogP contribution in [0.15, 0.2) is 23.0 Å². The van der Waals surface area contributed by atoms with E-state index in [1.807, 2.05) is 0 Å². The van der Waals surface area contributed by atoms with Gasteiger partial charge >= 0.3 is 0 Å². The van der Waals surface area contributed by atoms with Crippen LogP contribution in [0.25, 0.3) is 0 Å². The smallest absolute Gasteiger partial charge is 0.296 e. The zero-order valence-electron chi connectivity index (χ0n) is 11.7. The number of aromatic nitrogens is 2. The minimum absolute atomic E-state index is 0.147. The van der Waals surface area contributed by atoms with E-state index in [0.29, 0.717) is 12.0 Å². The van der Waals surface area contributed by atoms with Crippen LogP contribution >= 0.6 is 0 Å². The Morgan fingerprint density at radius 3 is 2.37 bits per heavy atom. The van der Waals surface area contributed by atoms with Crippen LogP contribution in [0.4, 0.5) is 0 Å². The second-order valence-corrected chi connectivity index (χ2v) is 4.82. The first-order chi connectivity index (χ1) is 8.99. The van der Waals surface area contributed by atoms with Crippen molar-refractivity contribution in [2.24, 2.45) is 0 Å². The minimum atomic E-state index is -0.147. The molecule has 19 heavy (non-hydrogen) atoms. The first kappa shape index (κ1) is 13.3. The number of nitrogens with one attached hydrogen (secondary N) is 1. The summed E-state index contributed by atoms with van der Waals surface area (Å²) in [5, 5.41) is 0. The van der Waals surface area contributed by atoms with Crippen molar-refractivity contribution >= 4 is 0 Å². The molecular formula is C15H18N2O2. The molecule has 4 nitrogen and oxygen atoms in total. The topological polar surface area (TPSA) is 55.0 Å². The highest BCUT2D eigenvalue weighted by Gasteiger charge is 2.09. The highest BCUT2D eigenvalue weighted by Crippen LogP contribution is 2.14. The van der Waals surface area contributed by atoms with Crippen LogP contribution in [0.1, 0.15) is 27.9 Å². The number of hydrogen-bond donors (Lipinski definition) is 1. The van der Waals surface area contributed by atoms with E-state index in [-0.39, 0.29) is 11.6 Å². The summed E-state index contributed by atoms with van der Waals surface area (Å²) in [6, 6.07) is 6.61. The molecule has 2 aromatic rings. The Morgan fingerprint density at radius 2 is 1.79 bits per heavy atom. The first-order valence-corrected chi connectivity index (χ1v) is 6.20. The number of rotatable bonds is 3. The van der Waals surface area contributed by atoms with E-state index in [9.17, 15) is 4.79 Å². The van der Waals surface area contributed by atoms with Crippen molar-refractivity contribution in [2.75, 3.05) is 7.11 Å². The second-order valence-electron chi connectivity index (χ2n) is 4.82. The lowest BCUT2D eigenvalue weighted by molar-refractivity contribution is 0.376. The van der Waals surface area contributed by atoms with Crippen molar-refractivity contribution in [1.29, 1.82) is 0 Å². The summed E-state index contributed by atoms with van der Waals surface area (Å²) in [4.78, 5) is 18.7. The molecule has 0 aliphatic carbocycles. The van der Waals surface area contributed by atoms with Gasteiger partial charge in [-0.05, 0) is 26.3 Å². The first-order valence-electron chi connectivity index (χ1n) is 6.20. The molecule has 0 aliphatic heterocycles. The third kappa shape index (κ3) is 3.02. The van der Waals surface area contributed by atoms with Crippen molar-refractivity contribution in [2.45, 2.75) is 27.2 Å². The lowest BCUT2D eigenvalue weighted by atomic mass is 10.0. The van der Waals surface area contributed by atoms with Crippen LogP contribution in [-0.2, 0) is 6.42 Å². The SMILES string of the molecule is COc1nc(Cc2cc(C)cc(C)c2)c(C)c(=O)[nH]1. The predicted molar refractivity (Wildman–Crippen MR) is 74.9 cm³/mol. The van der Waals surface area contributed by atoms with E-state index < -0.39 is 0 Å². The summed E-state index contributed by atoms with van der Waals surface area (Å²) in [5.74, 6) is 0.